The minimum atomic E-state index is 0.795. The molecule has 0 atom stereocenters. The Balaban J connectivity index is 1.22. The SMILES string of the molecule is Cc1sc2nc(CN3CCOCC3)nc(N3CCN(Cc4cccc5ccccc45)CC3)c2c1C. The molecule has 6 nitrogen and oxygen atoms in total. The maximum atomic E-state index is 5.53. The summed E-state index contributed by atoms with van der Waals surface area (Å²) in [5.74, 6) is 2.07. The van der Waals surface area contributed by atoms with Crippen molar-refractivity contribution in [2.24, 2.45) is 0 Å². The molecule has 0 aliphatic carbocycles. The van der Waals surface area contributed by atoms with Crippen LogP contribution in [-0.2, 0) is 17.8 Å². The van der Waals surface area contributed by atoms with Crippen molar-refractivity contribution in [2.45, 2.75) is 26.9 Å². The summed E-state index contributed by atoms with van der Waals surface area (Å²) in [6, 6.07) is 15.4. The molecule has 6 rings (SSSR count). The highest BCUT2D eigenvalue weighted by Crippen LogP contribution is 2.35. The van der Waals surface area contributed by atoms with Crippen LogP contribution < -0.4 is 4.90 Å². The van der Waals surface area contributed by atoms with Crippen LogP contribution >= 0.6 is 11.3 Å². The van der Waals surface area contributed by atoms with Crippen molar-refractivity contribution in [3.63, 3.8) is 0 Å². The number of morpholine rings is 1. The summed E-state index contributed by atoms with van der Waals surface area (Å²) in [5, 5.41) is 3.94. The Bertz CT molecular complexity index is 1330. The fourth-order valence-corrected chi connectivity index (χ4v) is 6.36. The van der Waals surface area contributed by atoms with Crippen LogP contribution in [0.15, 0.2) is 42.5 Å². The molecule has 7 heteroatoms. The van der Waals surface area contributed by atoms with E-state index in [0.717, 1.165) is 82.0 Å². The number of thiophene rings is 1. The number of rotatable bonds is 5. The number of aryl methyl sites for hydroxylation is 2. The number of hydrogen-bond acceptors (Lipinski definition) is 7. The van der Waals surface area contributed by atoms with Crippen LogP contribution in [0.3, 0.4) is 0 Å². The fraction of sp³-hybridized carbons (Fsp3) is 0.429. The van der Waals surface area contributed by atoms with Crippen LogP contribution in [0, 0.1) is 13.8 Å². The first kappa shape index (κ1) is 22.9. The average Bonchev–Trinajstić information content (AvgIpc) is 3.18. The average molecular weight is 488 g/mol. The van der Waals surface area contributed by atoms with Gasteiger partial charge in [0.15, 0.2) is 0 Å². The van der Waals surface area contributed by atoms with E-state index < -0.39 is 0 Å². The van der Waals surface area contributed by atoms with Gasteiger partial charge in [-0.15, -0.1) is 11.3 Å². The van der Waals surface area contributed by atoms with Gasteiger partial charge in [-0.25, -0.2) is 9.97 Å². The molecule has 0 amide bonds. The third-order valence-corrected chi connectivity index (χ3v) is 8.57. The standard InChI is InChI=1S/C28H33N5OS/c1-20-21(2)35-28-26(20)27(29-25(30-28)19-32-14-16-34-17-15-32)33-12-10-31(11-13-33)18-23-8-5-7-22-6-3-4-9-24(22)23/h3-9H,10-19H2,1-2H3. The van der Waals surface area contributed by atoms with Crippen LogP contribution in [0.1, 0.15) is 21.8 Å². The van der Waals surface area contributed by atoms with Crippen molar-refractivity contribution >= 4 is 38.1 Å². The number of ether oxygens (including phenoxy) is 1. The van der Waals surface area contributed by atoms with Gasteiger partial charge in [0.2, 0.25) is 0 Å². The number of piperazine rings is 1. The van der Waals surface area contributed by atoms with E-state index in [2.05, 4.69) is 71.0 Å². The highest BCUT2D eigenvalue weighted by Gasteiger charge is 2.24. The molecule has 182 valence electrons. The number of fused-ring (bicyclic) bond motifs is 2. The molecule has 0 saturated carbocycles. The summed E-state index contributed by atoms with van der Waals surface area (Å²) in [7, 11) is 0. The van der Waals surface area contributed by atoms with Crippen molar-refractivity contribution in [3.05, 3.63) is 64.3 Å². The normalized spacial score (nSPS) is 18.1. The molecule has 2 aromatic carbocycles. The molecular weight excluding hydrogens is 454 g/mol. The van der Waals surface area contributed by atoms with Crippen molar-refractivity contribution in [1.82, 2.24) is 19.8 Å². The number of anilines is 1. The first-order valence-electron chi connectivity index (χ1n) is 12.7. The van der Waals surface area contributed by atoms with Gasteiger partial charge in [-0.05, 0) is 35.7 Å². The number of hydrogen-bond donors (Lipinski definition) is 0. The number of nitrogens with zero attached hydrogens (tertiary/aromatic N) is 5. The lowest BCUT2D eigenvalue weighted by molar-refractivity contribution is 0.0331. The number of benzene rings is 2. The maximum Gasteiger partial charge on any atom is 0.146 e. The van der Waals surface area contributed by atoms with Crippen molar-refractivity contribution in [2.75, 3.05) is 57.4 Å². The second-order valence-electron chi connectivity index (χ2n) is 9.72. The van der Waals surface area contributed by atoms with E-state index in [1.807, 2.05) is 0 Å². The molecule has 4 heterocycles. The quantitative estimate of drug-likeness (QED) is 0.410. The van der Waals surface area contributed by atoms with Gasteiger partial charge >= 0.3 is 0 Å². The molecule has 2 fully saturated rings. The van der Waals surface area contributed by atoms with Gasteiger partial charge in [0, 0.05) is 50.7 Å². The van der Waals surface area contributed by atoms with E-state index in [4.69, 9.17) is 14.7 Å². The summed E-state index contributed by atoms with van der Waals surface area (Å²) < 4.78 is 5.53. The van der Waals surface area contributed by atoms with E-state index in [0.29, 0.717) is 0 Å². The maximum absolute atomic E-state index is 5.53. The molecule has 2 aliphatic rings. The summed E-state index contributed by atoms with van der Waals surface area (Å²) in [5.41, 5.74) is 2.74. The molecule has 2 aromatic heterocycles. The molecular formula is C28H33N5OS. The predicted octanol–water partition coefficient (Wildman–Crippen LogP) is 4.62. The molecule has 0 bridgehead atoms. The van der Waals surface area contributed by atoms with Gasteiger partial charge in [-0.3, -0.25) is 9.80 Å². The van der Waals surface area contributed by atoms with Crippen LogP contribution in [0.5, 0.6) is 0 Å². The highest BCUT2D eigenvalue weighted by molar-refractivity contribution is 7.18. The van der Waals surface area contributed by atoms with Gasteiger partial charge in [-0.2, -0.15) is 0 Å². The molecule has 0 unspecified atom stereocenters. The van der Waals surface area contributed by atoms with Gasteiger partial charge in [0.05, 0.1) is 25.1 Å². The molecule has 2 saturated heterocycles. The van der Waals surface area contributed by atoms with Crippen molar-refractivity contribution < 1.29 is 4.74 Å². The summed E-state index contributed by atoms with van der Waals surface area (Å²) in [4.78, 5) is 20.1. The van der Waals surface area contributed by atoms with E-state index in [1.54, 1.807) is 11.3 Å². The Morgan fingerprint density at radius 1 is 0.829 bits per heavy atom. The second-order valence-corrected chi connectivity index (χ2v) is 10.9. The van der Waals surface area contributed by atoms with Crippen LogP contribution in [0.4, 0.5) is 5.82 Å². The van der Waals surface area contributed by atoms with Gasteiger partial charge in [0.25, 0.3) is 0 Å². The lowest BCUT2D eigenvalue weighted by Crippen LogP contribution is -2.46. The summed E-state index contributed by atoms with van der Waals surface area (Å²) >= 11 is 1.81. The zero-order valence-electron chi connectivity index (χ0n) is 20.7. The third kappa shape index (κ3) is 4.66. The van der Waals surface area contributed by atoms with Gasteiger partial charge in [-0.1, -0.05) is 42.5 Å². The summed E-state index contributed by atoms with van der Waals surface area (Å²) in [6.45, 7) is 13.8. The monoisotopic (exact) mass is 487 g/mol. The summed E-state index contributed by atoms with van der Waals surface area (Å²) in [6.07, 6.45) is 0. The molecule has 35 heavy (non-hydrogen) atoms. The molecule has 0 spiro atoms. The lowest BCUT2D eigenvalue weighted by atomic mass is 10.0. The predicted molar refractivity (Wildman–Crippen MR) is 144 cm³/mol. The Morgan fingerprint density at radius 2 is 1.57 bits per heavy atom. The second kappa shape index (κ2) is 9.82. The minimum absolute atomic E-state index is 0.795. The highest BCUT2D eigenvalue weighted by atomic mass is 32.1. The van der Waals surface area contributed by atoms with Crippen molar-refractivity contribution in [1.29, 1.82) is 0 Å². The van der Waals surface area contributed by atoms with Gasteiger partial charge < -0.3 is 9.64 Å². The van der Waals surface area contributed by atoms with E-state index >= 15 is 0 Å². The lowest BCUT2D eigenvalue weighted by Gasteiger charge is -2.36. The van der Waals surface area contributed by atoms with Gasteiger partial charge in [0.1, 0.15) is 16.5 Å². The third-order valence-electron chi connectivity index (χ3n) is 7.47. The van der Waals surface area contributed by atoms with E-state index in [1.165, 1.54) is 32.2 Å². The topological polar surface area (TPSA) is 44.7 Å². The first-order chi connectivity index (χ1) is 17.2. The van der Waals surface area contributed by atoms with E-state index in [9.17, 15) is 0 Å². The smallest absolute Gasteiger partial charge is 0.146 e. The van der Waals surface area contributed by atoms with E-state index in [-0.39, 0.29) is 0 Å². The molecule has 0 radical (unpaired) electrons. The first-order valence-corrected chi connectivity index (χ1v) is 13.5. The van der Waals surface area contributed by atoms with Crippen LogP contribution in [-0.4, -0.2) is 72.3 Å². The minimum Gasteiger partial charge on any atom is -0.379 e. The fourth-order valence-electron chi connectivity index (χ4n) is 5.32. The largest absolute Gasteiger partial charge is 0.379 e. The zero-order chi connectivity index (χ0) is 23.8. The van der Waals surface area contributed by atoms with Crippen molar-refractivity contribution in [3.8, 4) is 0 Å². The Labute approximate surface area is 211 Å². The molecule has 4 aromatic rings. The molecule has 2 aliphatic heterocycles. The van der Waals surface area contributed by atoms with Crippen LogP contribution in [0.25, 0.3) is 21.0 Å². The Kier molecular flexibility index (Phi) is 6.41. The Hall–Kier alpha value is -2.58. The molecule has 0 N–H and O–H groups in total. The van der Waals surface area contributed by atoms with Crippen LogP contribution in [0.2, 0.25) is 0 Å². The Morgan fingerprint density at radius 3 is 2.40 bits per heavy atom. The zero-order valence-corrected chi connectivity index (χ0v) is 21.5. The number of aromatic nitrogens is 2.